The van der Waals surface area contributed by atoms with Crippen LogP contribution in [-0.2, 0) is 20.9 Å². The van der Waals surface area contributed by atoms with Gasteiger partial charge in [0.1, 0.15) is 12.4 Å². The van der Waals surface area contributed by atoms with Gasteiger partial charge in [0.05, 0.1) is 37.9 Å². The highest BCUT2D eigenvalue weighted by molar-refractivity contribution is 5.79. The molecule has 3 fully saturated rings. The van der Waals surface area contributed by atoms with Crippen LogP contribution in [0.25, 0.3) is 0 Å². The van der Waals surface area contributed by atoms with Gasteiger partial charge in [-0.1, -0.05) is 12.1 Å². The molecule has 0 saturated carbocycles. The monoisotopic (exact) mass is 429 g/mol. The van der Waals surface area contributed by atoms with Gasteiger partial charge in [-0.25, -0.2) is 4.79 Å². The maximum Gasteiger partial charge on any atom is 0.573 e. The van der Waals surface area contributed by atoms with Crippen LogP contribution in [0.4, 0.5) is 18.0 Å². The van der Waals surface area contributed by atoms with Crippen LogP contribution >= 0.6 is 0 Å². The van der Waals surface area contributed by atoms with E-state index in [1.807, 2.05) is 0 Å². The lowest BCUT2D eigenvalue weighted by Crippen LogP contribution is -2.65. The van der Waals surface area contributed by atoms with E-state index in [0.717, 1.165) is 0 Å². The van der Waals surface area contributed by atoms with Crippen molar-refractivity contribution in [3.63, 3.8) is 0 Å². The Kier molecular flexibility index (Phi) is 5.74. The first kappa shape index (κ1) is 20.7. The zero-order valence-electron chi connectivity index (χ0n) is 16.1. The second-order valence-electron chi connectivity index (χ2n) is 7.57. The molecule has 8 nitrogen and oxygen atoms in total. The number of hydrogen-bond donors (Lipinski definition) is 1. The molecule has 11 heteroatoms. The number of nitrogens with zero attached hydrogens (tertiary/aromatic N) is 2. The van der Waals surface area contributed by atoms with Crippen molar-refractivity contribution in [3.8, 4) is 5.75 Å². The smallest absolute Gasteiger partial charge is 0.406 e. The number of rotatable bonds is 4. The summed E-state index contributed by atoms with van der Waals surface area (Å²) in [6, 6.07) is 5.31. The summed E-state index contributed by atoms with van der Waals surface area (Å²) in [5.74, 6) is -0.469. The zero-order valence-corrected chi connectivity index (χ0v) is 16.1. The number of halogens is 3. The summed E-state index contributed by atoms with van der Waals surface area (Å²) < 4.78 is 52.0. The number of urea groups is 1. The van der Waals surface area contributed by atoms with Gasteiger partial charge < -0.3 is 29.3 Å². The van der Waals surface area contributed by atoms with Crippen LogP contribution in [0.1, 0.15) is 12.0 Å². The van der Waals surface area contributed by atoms with Gasteiger partial charge in [0, 0.05) is 13.1 Å². The lowest BCUT2D eigenvalue weighted by Gasteiger charge is -2.45. The van der Waals surface area contributed by atoms with E-state index in [1.54, 1.807) is 15.9 Å². The Balaban J connectivity index is 1.21. The third kappa shape index (κ3) is 4.96. The van der Waals surface area contributed by atoms with Crippen LogP contribution in [0.3, 0.4) is 0 Å². The van der Waals surface area contributed by atoms with Gasteiger partial charge in [0.25, 0.3) is 0 Å². The number of benzene rings is 1. The van der Waals surface area contributed by atoms with E-state index in [4.69, 9.17) is 9.47 Å². The number of fused-ring (bicyclic) bond motifs is 1. The number of piperidine rings is 1. The number of amides is 3. The normalized spacial score (nSPS) is 24.7. The predicted octanol–water partition coefficient (Wildman–Crippen LogP) is 1.50. The molecule has 4 rings (SSSR count). The van der Waals surface area contributed by atoms with E-state index in [1.165, 1.54) is 18.2 Å². The van der Waals surface area contributed by atoms with Crippen molar-refractivity contribution in [1.29, 1.82) is 0 Å². The van der Waals surface area contributed by atoms with Crippen LogP contribution in [0, 0.1) is 0 Å². The minimum Gasteiger partial charge on any atom is -0.406 e. The highest BCUT2D eigenvalue weighted by Gasteiger charge is 2.40. The summed E-state index contributed by atoms with van der Waals surface area (Å²) in [5, 5.41) is 2.86. The maximum absolute atomic E-state index is 12.7. The molecule has 3 aliphatic rings. The molecule has 0 aliphatic carbocycles. The molecule has 2 atom stereocenters. The first-order valence-corrected chi connectivity index (χ1v) is 9.68. The Hall–Kier alpha value is -2.53. The number of hydrogen-bond acceptors (Lipinski definition) is 5. The number of morpholine rings is 1. The summed E-state index contributed by atoms with van der Waals surface area (Å²) in [7, 11) is 0. The number of carbonyl (C=O) groups excluding carboxylic acids is 2. The van der Waals surface area contributed by atoms with Crippen molar-refractivity contribution in [2.24, 2.45) is 0 Å². The molecular weight excluding hydrogens is 407 g/mol. The molecule has 1 N–H and O–H groups in total. The number of nitrogens with one attached hydrogen (secondary N) is 1. The lowest BCUT2D eigenvalue weighted by molar-refractivity contribution is -0.274. The molecule has 3 saturated heterocycles. The molecular formula is C19H22F3N3O5. The molecule has 3 aliphatic heterocycles. The van der Waals surface area contributed by atoms with Gasteiger partial charge >= 0.3 is 12.4 Å². The maximum atomic E-state index is 12.7. The van der Waals surface area contributed by atoms with Gasteiger partial charge in [-0.15, -0.1) is 13.2 Å². The molecule has 0 aromatic heterocycles. The van der Waals surface area contributed by atoms with Crippen LogP contribution in [0.2, 0.25) is 0 Å². The highest BCUT2D eigenvalue weighted by Crippen LogP contribution is 2.25. The molecule has 30 heavy (non-hydrogen) atoms. The predicted molar refractivity (Wildman–Crippen MR) is 96.5 cm³/mol. The summed E-state index contributed by atoms with van der Waals surface area (Å²) >= 11 is 0. The number of likely N-dealkylation sites (tertiary alicyclic amines) is 2. The van der Waals surface area contributed by atoms with Crippen LogP contribution in [0.5, 0.6) is 5.75 Å². The van der Waals surface area contributed by atoms with E-state index in [9.17, 15) is 22.8 Å². The molecule has 3 heterocycles. The largest absolute Gasteiger partial charge is 0.573 e. The molecule has 0 radical (unpaired) electrons. The SMILES string of the molecule is O=C1CO[C@H]2CCN(C(=O)N3CC(OCc4cccc(OC(F)(F)F)c4)C3)C[C@H]2N1. The number of alkyl halides is 3. The Bertz CT molecular complexity index is 800. The topological polar surface area (TPSA) is 80.3 Å². The molecule has 1 aromatic carbocycles. The Morgan fingerprint density at radius 1 is 1.23 bits per heavy atom. The van der Waals surface area contributed by atoms with Crippen molar-refractivity contribution in [1.82, 2.24) is 15.1 Å². The minimum atomic E-state index is -4.74. The highest BCUT2D eigenvalue weighted by atomic mass is 19.4. The van der Waals surface area contributed by atoms with E-state index < -0.39 is 6.36 Å². The molecule has 3 amide bonds. The quantitative estimate of drug-likeness (QED) is 0.785. The Morgan fingerprint density at radius 3 is 2.80 bits per heavy atom. The third-order valence-corrected chi connectivity index (χ3v) is 5.33. The van der Waals surface area contributed by atoms with Gasteiger partial charge in [-0.05, 0) is 24.1 Å². The molecule has 0 spiro atoms. The summed E-state index contributed by atoms with van der Waals surface area (Å²) in [4.78, 5) is 27.5. The van der Waals surface area contributed by atoms with Crippen molar-refractivity contribution in [2.75, 3.05) is 32.8 Å². The molecule has 1 aromatic rings. The number of ether oxygens (including phenoxy) is 3. The van der Waals surface area contributed by atoms with Crippen molar-refractivity contribution >= 4 is 11.9 Å². The first-order valence-electron chi connectivity index (χ1n) is 9.68. The minimum absolute atomic E-state index is 0.0590. The van der Waals surface area contributed by atoms with Crippen molar-refractivity contribution < 1.29 is 37.0 Å². The average Bonchev–Trinajstić information content (AvgIpc) is 2.65. The Morgan fingerprint density at radius 2 is 2.03 bits per heavy atom. The fourth-order valence-electron chi connectivity index (χ4n) is 3.82. The fourth-order valence-corrected chi connectivity index (χ4v) is 3.82. The summed E-state index contributed by atoms with van der Waals surface area (Å²) in [6.07, 6.45) is -4.32. The van der Waals surface area contributed by atoms with Crippen molar-refractivity contribution in [3.05, 3.63) is 29.8 Å². The van der Waals surface area contributed by atoms with E-state index in [0.29, 0.717) is 38.2 Å². The summed E-state index contributed by atoms with van der Waals surface area (Å²) in [6.45, 7) is 1.97. The second kappa shape index (κ2) is 8.31. The van der Waals surface area contributed by atoms with Gasteiger partial charge in [0.15, 0.2) is 0 Å². The zero-order chi connectivity index (χ0) is 21.3. The fraction of sp³-hybridized carbons (Fsp3) is 0.579. The Labute approximate surface area is 170 Å². The number of carbonyl (C=O) groups is 2. The molecule has 0 unspecified atom stereocenters. The summed E-state index contributed by atoms with van der Waals surface area (Å²) in [5.41, 5.74) is 0.552. The van der Waals surface area contributed by atoms with Crippen LogP contribution in [0.15, 0.2) is 24.3 Å². The lowest BCUT2D eigenvalue weighted by atomic mass is 10.0. The first-order chi connectivity index (χ1) is 14.3. The van der Waals surface area contributed by atoms with E-state index in [-0.39, 0.29) is 49.2 Å². The van der Waals surface area contributed by atoms with Gasteiger partial charge in [0.2, 0.25) is 5.91 Å². The van der Waals surface area contributed by atoms with Gasteiger partial charge in [-0.3, -0.25) is 4.79 Å². The van der Waals surface area contributed by atoms with Gasteiger partial charge in [-0.2, -0.15) is 0 Å². The van der Waals surface area contributed by atoms with Crippen LogP contribution < -0.4 is 10.1 Å². The molecule has 0 bridgehead atoms. The molecule has 164 valence electrons. The second-order valence-corrected chi connectivity index (χ2v) is 7.57. The van der Waals surface area contributed by atoms with Crippen LogP contribution in [-0.4, -0.2) is 79.1 Å². The van der Waals surface area contributed by atoms with E-state index >= 15 is 0 Å². The average molecular weight is 429 g/mol. The van der Waals surface area contributed by atoms with Crippen molar-refractivity contribution in [2.45, 2.75) is 37.6 Å². The third-order valence-electron chi connectivity index (χ3n) is 5.33. The standard InChI is InChI=1S/C19H22F3N3O5/c20-19(21,22)30-13-3-1-2-12(6-13)10-28-14-7-25(8-14)18(27)24-5-4-16-15(9-24)23-17(26)11-29-16/h1-3,6,14-16H,4-5,7-11H2,(H,23,26)/t15-,16+/m1/s1. The van der Waals surface area contributed by atoms with E-state index in [2.05, 4.69) is 10.1 Å².